The third-order valence-electron chi connectivity index (χ3n) is 2.76. The zero-order chi connectivity index (χ0) is 8.48. The Balaban J connectivity index is 2.95. The molecular weight excluding hydrogens is 136 g/mol. The summed E-state index contributed by atoms with van der Waals surface area (Å²) < 4.78 is 0. The molecule has 0 aromatic rings. The van der Waals surface area contributed by atoms with E-state index in [9.17, 15) is 4.79 Å². The van der Waals surface area contributed by atoms with E-state index in [0.717, 1.165) is 6.42 Å². The molecule has 1 fully saturated rings. The van der Waals surface area contributed by atoms with Crippen molar-refractivity contribution in [1.82, 2.24) is 0 Å². The minimum absolute atomic E-state index is 0.299. The molecule has 0 aliphatic heterocycles. The lowest BCUT2D eigenvalue weighted by Crippen LogP contribution is -2.24. The second-order valence-electron chi connectivity index (χ2n) is 3.29. The molecule has 0 spiro atoms. The fourth-order valence-electron chi connectivity index (χ4n) is 1.69. The van der Waals surface area contributed by atoms with E-state index in [4.69, 9.17) is 0 Å². The molecule has 60 valence electrons. The van der Waals surface area contributed by atoms with E-state index in [1.165, 1.54) is 0 Å². The number of carbonyl (C=O) groups excluding carboxylic acids is 1. The van der Waals surface area contributed by atoms with Crippen LogP contribution in [0.3, 0.4) is 0 Å². The van der Waals surface area contributed by atoms with Crippen molar-refractivity contribution in [2.45, 2.75) is 19.8 Å². The van der Waals surface area contributed by atoms with Gasteiger partial charge in [-0.2, -0.15) is 0 Å². The van der Waals surface area contributed by atoms with E-state index in [2.05, 4.69) is 13.2 Å². The molecule has 1 aliphatic rings. The predicted octanol–water partition coefficient (Wildman–Crippen LogP) is 2.34. The minimum atomic E-state index is -0.332. The van der Waals surface area contributed by atoms with Crippen LogP contribution in [0.25, 0.3) is 0 Å². The lowest BCUT2D eigenvalue weighted by Gasteiger charge is -2.22. The molecule has 0 amide bonds. The highest BCUT2D eigenvalue weighted by atomic mass is 16.1. The summed E-state index contributed by atoms with van der Waals surface area (Å²) in [6.07, 6.45) is 5.24. The Bertz CT molecular complexity index is 205. The van der Waals surface area contributed by atoms with Crippen LogP contribution in [0.5, 0.6) is 0 Å². The summed E-state index contributed by atoms with van der Waals surface area (Å²) in [4.78, 5) is 11.4. The highest BCUT2D eigenvalue weighted by Gasteiger charge is 2.41. The molecule has 0 unspecified atom stereocenters. The van der Waals surface area contributed by atoms with E-state index < -0.39 is 0 Å². The number of ketones is 1. The molecule has 1 rings (SSSR count). The van der Waals surface area contributed by atoms with E-state index in [0.29, 0.717) is 18.1 Å². The Morgan fingerprint density at radius 1 is 1.64 bits per heavy atom. The second-order valence-corrected chi connectivity index (χ2v) is 3.29. The molecule has 0 aromatic carbocycles. The Morgan fingerprint density at radius 3 is 2.64 bits per heavy atom. The van der Waals surface area contributed by atoms with Gasteiger partial charge in [0.15, 0.2) is 0 Å². The van der Waals surface area contributed by atoms with Crippen molar-refractivity contribution in [3.8, 4) is 0 Å². The average Bonchev–Trinajstić information content (AvgIpc) is 2.30. The van der Waals surface area contributed by atoms with Crippen LogP contribution in [0.1, 0.15) is 19.8 Å². The van der Waals surface area contributed by atoms with Crippen molar-refractivity contribution in [2.75, 3.05) is 0 Å². The molecule has 0 bridgehead atoms. The molecule has 11 heavy (non-hydrogen) atoms. The third-order valence-corrected chi connectivity index (χ3v) is 2.76. The van der Waals surface area contributed by atoms with E-state index in [-0.39, 0.29) is 5.41 Å². The van der Waals surface area contributed by atoms with Crippen LogP contribution >= 0.6 is 0 Å². The summed E-state index contributed by atoms with van der Waals surface area (Å²) >= 11 is 0. The fraction of sp³-hybridized carbons (Fsp3) is 0.500. The number of Topliss-reactive ketones (excluding diaryl/α,β-unsaturated/α-hetero) is 1. The first-order chi connectivity index (χ1) is 5.15. The van der Waals surface area contributed by atoms with Crippen molar-refractivity contribution < 1.29 is 4.79 Å². The van der Waals surface area contributed by atoms with Gasteiger partial charge in [-0.1, -0.05) is 12.2 Å². The maximum Gasteiger partial charge on any atom is 0.143 e. The molecule has 2 atom stereocenters. The maximum absolute atomic E-state index is 11.4. The lowest BCUT2D eigenvalue weighted by atomic mass is 9.79. The van der Waals surface area contributed by atoms with Crippen LogP contribution in [-0.2, 0) is 4.79 Å². The van der Waals surface area contributed by atoms with Crippen LogP contribution in [0.2, 0.25) is 0 Å². The van der Waals surface area contributed by atoms with Gasteiger partial charge in [0.2, 0.25) is 0 Å². The number of hydrogen-bond donors (Lipinski definition) is 0. The van der Waals surface area contributed by atoms with Crippen LogP contribution in [0, 0.1) is 11.3 Å². The Kier molecular flexibility index (Phi) is 1.99. The van der Waals surface area contributed by atoms with Gasteiger partial charge in [-0.15, -0.1) is 13.2 Å². The van der Waals surface area contributed by atoms with E-state index in [1.807, 2.05) is 13.0 Å². The molecule has 0 heterocycles. The molecule has 0 radical (unpaired) electrons. The fourth-order valence-corrected chi connectivity index (χ4v) is 1.69. The first-order valence-electron chi connectivity index (χ1n) is 3.94. The van der Waals surface area contributed by atoms with Gasteiger partial charge < -0.3 is 0 Å². The van der Waals surface area contributed by atoms with E-state index >= 15 is 0 Å². The molecule has 1 nitrogen and oxygen atoms in total. The average molecular weight is 150 g/mol. The summed E-state index contributed by atoms with van der Waals surface area (Å²) in [7, 11) is 0. The van der Waals surface area contributed by atoms with Gasteiger partial charge in [0.1, 0.15) is 5.78 Å². The van der Waals surface area contributed by atoms with Crippen LogP contribution in [-0.4, -0.2) is 5.78 Å². The standard InChI is InChI=1S/C10H14O/c1-4-8-6-7-9(11)10(8,3)5-2/h4-5,8H,1-2,6-7H2,3H3/t8-,10+/m1/s1. The molecular formula is C10H14O. The van der Waals surface area contributed by atoms with Crippen molar-refractivity contribution >= 4 is 5.78 Å². The SMILES string of the molecule is C=C[C@@H]1CCC(=O)[C@@]1(C)C=C. The Hall–Kier alpha value is -0.850. The Labute approximate surface area is 67.8 Å². The quantitative estimate of drug-likeness (QED) is 0.552. The van der Waals surface area contributed by atoms with Gasteiger partial charge in [-0.25, -0.2) is 0 Å². The van der Waals surface area contributed by atoms with Crippen molar-refractivity contribution in [1.29, 1.82) is 0 Å². The van der Waals surface area contributed by atoms with Crippen molar-refractivity contribution in [3.63, 3.8) is 0 Å². The number of allylic oxidation sites excluding steroid dienone is 2. The Morgan fingerprint density at radius 2 is 2.27 bits per heavy atom. The number of rotatable bonds is 2. The summed E-state index contributed by atoms with van der Waals surface area (Å²) in [5.74, 6) is 0.602. The highest BCUT2D eigenvalue weighted by molar-refractivity contribution is 5.89. The zero-order valence-electron chi connectivity index (χ0n) is 6.97. The highest BCUT2D eigenvalue weighted by Crippen LogP contribution is 2.41. The minimum Gasteiger partial charge on any atom is -0.299 e. The van der Waals surface area contributed by atoms with Gasteiger partial charge >= 0.3 is 0 Å². The van der Waals surface area contributed by atoms with Gasteiger partial charge in [-0.05, 0) is 19.3 Å². The maximum atomic E-state index is 11.4. The topological polar surface area (TPSA) is 17.1 Å². The van der Waals surface area contributed by atoms with Crippen LogP contribution < -0.4 is 0 Å². The van der Waals surface area contributed by atoms with Crippen molar-refractivity contribution in [3.05, 3.63) is 25.3 Å². The zero-order valence-corrected chi connectivity index (χ0v) is 6.97. The molecule has 0 N–H and O–H groups in total. The molecule has 1 saturated carbocycles. The summed E-state index contributed by atoms with van der Waals surface area (Å²) in [5, 5.41) is 0. The molecule has 0 saturated heterocycles. The van der Waals surface area contributed by atoms with Gasteiger partial charge in [0.25, 0.3) is 0 Å². The van der Waals surface area contributed by atoms with Gasteiger partial charge in [-0.3, -0.25) is 4.79 Å². The third kappa shape index (κ3) is 1.05. The summed E-state index contributed by atoms with van der Waals surface area (Å²) in [5.41, 5.74) is -0.332. The summed E-state index contributed by atoms with van der Waals surface area (Å²) in [6.45, 7) is 9.36. The molecule has 1 aliphatic carbocycles. The van der Waals surface area contributed by atoms with Gasteiger partial charge in [0, 0.05) is 6.42 Å². The van der Waals surface area contributed by atoms with Gasteiger partial charge in [0.05, 0.1) is 5.41 Å². The van der Waals surface area contributed by atoms with Crippen LogP contribution in [0.15, 0.2) is 25.3 Å². The second kappa shape index (κ2) is 2.65. The monoisotopic (exact) mass is 150 g/mol. The normalized spacial score (nSPS) is 37.2. The first kappa shape index (κ1) is 8.25. The predicted molar refractivity (Wildman–Crippen MR) is 46.2 cm³/mol. The van der Waals surface area contributed by atoms with Crippen molar-refractivity contribution in [2.24, 2.45) is 11.3 Å². The first-order valence-corrected chi connectivity index (χ1v) is 3.94. The van der Waals surface area contributed by atoms with Crippen LogP contribution in [0.4, 0.5) is 0 Å². The number of carbonyl (C=O) groups is 1. The summed E-state index contributed by atoms with van der Waals surface area (Å²) in [6, 6.07) is 0. The largest absolute Gasteiger partial charge is 0.299 e. The molecule has 1 heteroatoms. The lowest BCUT2D eigenvalue weighted by molar-refractivity contribution is -0.123. The smallest absolute Gasteiger partial charge is 0.143 e. The van der Waals surface area contributed by atoms with E-state index in [1.54, 1.807) is 6.08 Å². The number of hydrogen-bond acceptors (Lipinski definition) is 1. The molecule has 0 aromatic heterocycles.